The molecule has 3 amide bonds. The number of methoxy groups -OCH3 is 1. The number of hydrogen-bond donors (Lipinski definition) is 2. The summed E-state index contributed by atoms with van der Waals surface area (Å²) < 4.78 is 10.1. The van der Waals surface area contributed by atoms with Crippen LogP contribution in [0.25, 0.3) is 0 Å². The van der Waals surface area contributed by atoms with Gasteiger partial charge < -0.3 is 25.0 Å². The first-order chi connectivity index (χ1) is 16.3. The monoisotopic (exact) mass is 476 g/mol. The molecular weight excluding hydrogens is 440 g/mol. The van der Waals surface area contributed by atoms with Gasteiger partial charge in [-0.25, -0.2) is 4.79 Å². The number of pyridine rings is 1. The lowest BCUT2D eigenvalue weighted by Crippen LogP contribution is -2.46. The van der Waals surface area contributed by atoms with Crippen LogP contribution in [0.5, 0.6) is 0 Å². The van der Waals surface area contributed by atoms with Gasteiger partial charge in [0.2, 0.25) is 11.8 Å². The van der Waals surface area contributed by atoms with Crippen molar-refractivity contribution in [2.24, 2.45) is 0 Å². The van der Waals surface area contributed by atoms with E-state index in [-0.39, 0.29) is 24.2 Å². The van der Waals surface area contributed by atoms with Gasteiger partial charge in [-0.2, -0.15) is 0 Å². The minimum atomic E-state index is -1.01. The number of esters is 1. The molecule has 0 aliphatic carbocycles. The molecule has 1 unspecified atom stereocenters. The van der Waals surface area contributed by atoms with Crippen LogP contribution < -0.4 is 10.6 Å². The summed E-state index contributed by atoms with van der Waals surface area (Å²) in [7, 11) is 1.22. The largest absolute Gasteiger partial charge is 0.467 e. The lowest BCUT2D eigenvalue weighted by Gasteiger charge is -2.33. The average molecular weight is 477 g/mol. The fourth-order valence-electron chi connectivity index (χ4n) is 3.95. The second-order valence-corrected chi connectivity index (χ2v) is 8.39. The highest BCUT2D eigenvalue weighted by Crippen LogP contribution is 2.30. The summed E-state index contributed by atoms with van der Waals surface area (Å²) in [6, 6.07) is 2.61. The lowest BCUT2D eigenvalue weighted by molar-refractivity contribution is -0.148. The topological polar surface area (TPSA) is 127 Å². The molecule has 10 nitrogen and oxygen atoms in total. The quantitative estimate of drug-likeness (QED) is 0.364. The molecule has 1 fully saturated rings. The van der Waals surface area contributed by atoms with Gasteiger partial charge in [-0.1, -0.05) is 6.92 Å². The lowest BCUT2D eigenvalue weighted by atomic mass is 9.89. The molecule has 1 aromatic rings. The van der Waals surface area contributed by atoms with Crippen molar-refractivity contribution in [3.05, 3.63) is 29.1 Å². The van der Waals surface area contributed by atoms with E-state index in [0.29, 0.717) is 51.3 Å². The number of rotatable bonds is 11. The molecular formula is C24H36N4O6. The second-order valence-electron chi connectivity index (χ2n) is 8.39. The van der Waals surface area contributed by atoms with E-state index in [1.165, 1.54) is 14.0 Å². The second kappa shape index (κ2) is 13.6. The smallest absolute Gasteiger partial charge is 0.328 e. The van der Waals surface area contributed by atoms with Gasteiger partial charge in [0.05, 0.1) is 31.4 Å². The van der Waals surface area contributed by atoms with Gasteiger partial charge in [0.1, 0.15) is 6.04 Å². The van der Waals surface area contributed by atoms with Gasteiger partial charge in [0.25, 0.3) is 5.91 Å². The van der Waals surface area contributed by atoms with E-state index < -0.39 is 17.9 Å². The van der Waals surface area contributed by atoms with Crippen LogP contribution in [0.15, 0.2) is 12.1 Å². The van der Waals surface area contributed by atoms with Crippen molar-refractivity contribution in [1.82, 2.24) is 20.5 Å². The molecule has 188 valence electrons. The van der Waals surface area contributed by atoms with Crippen molar-refractivity contribution >= 4 is 23.7 Å². The molecule has 0 saturated carbocycles. The number of likely N-dealkylation sites (tertiary alicyclic amines) is 1. The third-order valence-electron chi connectivity index (χ3n) is 5.67. The van der Waals surface area contributed by atoms with Crippen molar-refractivity contribution in [3.63, 3.8) is 0 Å². The van der Waals surface area contributed by atoms with E-state index in [0.717, 1.165) is 17.8 Å². The molecule has 34 heavy (non-hydrogen) atoms. The molecule has 0 bridgehead atoms. The summed E-state index contributed by atoms with van der Waals surface area (Å²) in [6.07, 6.45) is 2.06. The number of aromatic nitrogens is 1. The number of nitrogens with one attached hydrogen (secondary N) is 2. The van der Waals surface area contributed by atoms with Gasteiger partial charge in [-0.3, -0.25) is 19.4 Å². The molecule has 2 heterocycles. The molecule has 0 aromatic carbocycles. The van der Waals surface area contributed by atoms with Crippen LogP contribution in [0.3, 0.4) is 0 Å². The number of carbonyl (C=O) groups excluding carboxylic acids is 4. The average Bonchev–Trinajstić information content (AvgIpc) is 2.82. The summed E-state index contributed by atoms with van der Waals surface area (Å²) in [4.78, 5) is 55.1. The zero-order chi connectivity index (χ0) is 25.1. The number of amides is 3. The zero-order valence-corrected chi connectivity index (χ0v) is 20.5. The number of hydrogen-bond acceptors (Lipinski definition) is 7. The van der Waals surface area contributed by atoms with E-state index in [2.05, 4.69) is 15.6 Å². The first-order valence-corrected chi connectivity index (χ1v) is 11.7. The van der Waals surface area contributed by atoms with Crippen molar-refractivity contribution in [1.29, 1.82) is 0 Å². The molecule has 1 atom stereocenters. The molecule has 2 N–H and O–H groups in total. The van der Waals surface area contributed by atoms with Crippen LogP contribution in [0.1, 0.15) is 67.2 Å². The molecule has 1 aliphatic heterocycles. The molecule has 1 saturated heterocycles. The van der Waals surface area contributed by atoms with E-state index in [1.54, 1.807) is 11.0 Å². The minimum Gasteiger partial charge on any atom is -0.467 e. The van der Waals surface area contributed by atoms with Crippen LogP contribution in [0.4, 0.5) is 0 Å². The first-order valence-electron chi connectivity index (χ1n) is 11.7. The highest BCUT2D eigenvalue weighted by atomic mass is 16.5. The summed E-state index contributed by atoms with van der Waals surface area (Å²) in [6.45, 7) is 7.69. The maximum atomic E-state index is 12.8. The van der Waals surface area contributed by atoms with E-state index in [1.807, 2.05) is 19.9 Å². The third kappa shape index (κ3) is 8.09. The molecule has 1 aromatic heterocycles. The fraction of sp³-hybridized carbons (Fsp3) is 0.625. The molecule has 10 heteroatoms. The van der Waals surface area contributed by atoms with Crippen molar-refractivity contribution in [3.8, 4) is 0 Å². The number of ether oxygens (including phenoxy) is 2. The highest BCUT2D eigenvalue weighted by Gasteiger charge is 2.31. The Bertz CT molecular complexity index is 867. The minimum absolute atomic E-state index is 0.0350. The van der Waals surface area contributed by atoms with Gasteiger partial charge in [0, 0.05) is 44.8 Å². The van der Waals surface area contributed by atoms with Crippen molar-refractivity contribution < 1.29 is 28.7 Å². The highest BCUT2D eigenvalue weighted by molar-refractivity contribution is 5.95. The normalized spacial score (nSPS) is 14.9. The molecule has 0 spiro atoms. The Hall–Kier alpha value is -3.01. The van der Waals surface area contributed by atoms with E-state index >= 15 is 0 Å². The van der Waals surface area contributed by atoms with Crippen LogP contribution in [-0.4, -0.2) is 79.6 Å². The molecule has 0 radical (unpaired) electrons. The summed E-state index contributed by atoms with van der Waals surface area (Å²) in [5.41, 5.74) is 2.11. The summed E-state index contributed by atoms with van der Waals surface area (Å²) in [5.74, 6) is -1.44. The van der Waals surface area contributed by atoms with Crippen LogP contribution in [-0.2, 0) is 23.9 Å². The number of carbonyl (C=O) groups is 4. The Labute approximate surface area is 200 Å². The Balaban J connectivity index is 1.99. The van der Waals surface area contributed by atoms with Crippen LogP contribution >= 0.6 is 0 Å². The fourth-order valence-corrected chi connectivity index (χ4v) is 3.95. The predicted molar refractivity (Wildman–Crippen MR) is 125 cm³/mol. The Morgan fingerprint density at radius 2 is 1.88 bits per heavy atom. The number of aryl methyl sites for hydroxylation is 1. The Morgan fingerprint density at radius 3 is 2.50 bits per heavy atom. The Morgan fingerprint density at radius 1 is 1.18 bits per heavy atom. The third-order valence-corrected chi connectivity index (χ3v) is 5.67. The summed E-state index contributed by atoms with van der Waals surface area (Å²) >= 11 is 0. The maximum absolute atomic E-state index is 12.8. The van der Waals surface area contributed by atoms with Gasteiger partial charge in [-0.05, 0) is 38.3 Å². The van der Waals surface area contributed by atoms with E-state index in [9.17, 15) is 19.2 Å². The standard InChI is InChI=1S/C24H36N4O6/c1-5-13-34-14-10-25-23(31)19-7-6-16(2)26-22(19)18-8-11-28(12-9-18)21(30)15-20(24(32)33-4)27-17(3)29/h6-7,18,20H,5,8-15H2,1-4H3,(H,25,31)(H,27,29). The summed E-state index contributed by atoms with van der Waals surface area (Å²) in [5, 5.41) is 5.36. The Kier molecular flexibility index (Phi) is 10.9. The van der Waals surface area contributed by atoms with Crippen molar-refractivity contribution in [2.45, 2.75) is 58.4 Å². The molecule has 2 rings (SSSR count). The van der Waals surface area contributed by atoms with Crippen molar-refractivity contribution in [2.75, 3.05) is 40.0 Å². The SMILES string of the molecule is CCCOCCNC(=O)c1ccc(C)nc1C1CCN(C(=O)CC(NC(C)=O)C(=O)OC)CC1. The first kappa shape index (κ1) is 27.2. The van der Waals surface area contributed by atoms with Gasteiger partial charge in [-0.15, -0.1) is 0 Å². The number of piperidine rings is 1. The maximum Gasteiger partial charge on any atom is 0.328 e. The van der Waals surface area contributed by atoms with E-state index in [4.69, 9.17) is 9.47 Å². The van der Waals surface area contributed by atoms with Gasteiger partial charge >= 0.3 is 5.97 Å². The van der Waals surface area contributed by atoms with Crippen LogP contribution in [0, 0.1) is 6.92 Å². The zero-order valence-electron chi connectivity index (χ0n) is 20.5. The predicted octanol–water partition coefficient (Wildman–Crippen LogP) is 1.32. The molecule has 1 aliphatic rings. The van der Waals surface area contributed by atoms with Crippen LogP contribution in [0.2, 0.25) is 0 Å². The number of nitrogens with zero attached hydrogens (tertiary/aromatic N) is 2. The van der Waals surface area contributed by atoms with Gasteiger partial charge in [0.15, 0.2) is 0 Å².